The molecule has 3 nitrogen and oxygen atoms in total. The Morgan fingerprint density at radius 2 is 2.15 bits per heavy atom. The van der Waals surface area contributed by atoms with Gasteiger partial charge in [0.05, 0.1) is 17.9 Å². The van der Waals surface area contributed by atoms with E-state index in [-0.39, 0.29) is 11.3 Å². The topological polar surface area (TPSA) is 53.4 Å². The maximum Gasteiger partial charge on any atom is 0.267 e. The molecule has 0 bridgehead atoms. The van der Waals surface area contributed by atoms with Gasteiger partial charge in [0.15, 0.2) is 0 Å². The van der Waals surface area contributed by atoms with Gasteiger partial charge in [-0.05, 0) is 6.92 Å². The highest BCUT2D eigenvalue weighted by atomic mass is 19.3. The van der Waals surface area contributed by atoms with E-state index >= 15 is 0 Å². The summed E-state index contributed by atoms with van der Waals surface area (Å²) in [7, 11) is 0. The molecule has 0 fully saturated rings. The molecule has 72 valence electrons. The van der Waals surface area contributed by atoms with Crippen molar-refractivity contribution in [1.82, 2.24) is 4.98 Å². The van der Waals surface area contributed by atoms with Crippen molar-refractivity contribution in [3.05, 3.63) is 23.0 Å². The monoisotopic (exact) mass is 189 g/mol. The molecule has 0 aliphatic carbocycles. The molecule has 1 rings (SSSR count). The Bertz CT molecular complexity index is 315. The zero-order valence-corrected chi connectivity index (χ0v) is 6.96. The molecule has 13 heavy (non-hydrogen) atoms. The molecule has 0 aliphatic heterocycles. The molecule has 0 spiro atoms. The van der Waals surface area contributed by atoms with Crippen LogP contribution >= 0.6 is 0 Å². The van der Waals surface area contributed by atoms with Gasteiger partial charge in [-0.15, -0.1) is 0 Å². The molecule has 0 atom stereocenters. The summed E-state index contributed by atoms with van der Waals surface area (Å²) in [5.41, 5.74) is -0.444. The van der Waals surface area contributed by atoms with E-state index in [9.17, 15) is 13.9 Å². The molecule has 1 aromatic heterocycles. The zero-order valence-electron chi connectivity index (χ0n) is 6.96. The summed E-state index contributed by atoms with van der Waals surface area (Å²) >= 11 is 0. The lowest BCUT2D eigenvalue weighted by molar-refractivity contribution is 0.142. The van der Waals surface area contributed by atoms with Crippen molar-refractivity contribution in [1.29, 1.82) is 0 Å². The van der Waals surface area contributed by atoms with Crippen molar-refractivity contribution in [2.75, 3.05) is 0 Å². The molecule has 1 heterocycles. The number of aliphatic hydroxyl groups excluding tert-OH is 1. The summed E-state index contributed by atoms with van der Waals surface area (Å²) in [6.07, 6.45) is -1.67. The lowest BCUT2D eigenvalue weighted by Crippen LogP contribution is -1.98. The molecule has 0 unspecified atom stereocenters. The molecular weight excluding hydrogens is 180 g/mol. The van der Waals surface area contributed by atoms with Crippen LogP contribution in [0.3, 0.4) is 0 Å². The normalized spacial score (nSPS) is 10.8. The van der Waals surface area contributed by atoms with Crippen LogP contribution in [-0.2, 0) is 6.61 Å². The number of hydrogen-bond donors (Lipinski definition) is 2. The van der Waals surface area contributed by atoms with Crippen molar-refractivity contribution in [3.8, 4) is 5.75 Å². The van der Waals surface area contributed by atoms with Gasteiger partial charge in [-0.25, -0.2) is 8.78 Å². The van der Waals surface area contributed by atoms with Gasteiger partial charge in [-0.1, -0.05) is 0 Å². The van der Waals surface area contributed by atoms with Crippen LogP contribution in [0.15, 0.2) is 6.20 Å². The van der Waals surface area contributed by atoms with E-state index in [2.05, 4.69) is 4.98 Å². The van der Waals surface area contributed by atoms with Crippen molar-refractivity contribution in [2.24, 2.45) is 0 Å². The number of nitrogens with zero attached hydrogens (tertiary/aromatic N) is 1. The van der Waals surface area contributed by atoms with Crippen LogP contribution in [0.5, 0.6) is 5.75 Å². The fourth-order valence-electron chi connectivity index (χ4n) is 1.02. The molecule has 0 aliphatic rings. The summed E-state index contributed by atoms with van der Waals surface area (Å²) in [5.74, 6) is -0.540. The Kier molecular flexibility index (Phi) is 2.77. The quantitative estimate of drug-likeness (QED) is 0.741. The lowest BCUT2D eigenvalue weighted by atomic mass is 10.1. The van der Waals surface area contributed by atoms with Gasteiger partial charge in [0, 0.05) is 11.8 Å². The first kappa shape index (κ1) is 9.85. The zero-order chi connectivity index (χ0) is 10.0. The largest absolute Gasteiger partial charge is 0.506 e. The third-order valence-corrected chi connectivity index (χ3v) is 1.75. The first-order valence-electron chi connectivity index (χ1n) is 3.64. The first-order valence-corrected chi connectivity index (χ1v) is 3.64. The fourth-order valence-corrected chi connectivity index (χ4v) is 1.02. The van der Waals surface area contributed by atoms with E-state index < -0.39 is 24.3 Å². The fraction of sp³-hybridized carbons (Fsp3) is 0.375. The van der Waals surface area contributed by atoms with Crippen LogP contribution < -0.4 is 0 Å². The molecule has 0 aromatic carbocycles. The van der Waals surface area contributed by atoms with Crippen LogP contribution in [0.2, 0.25) is 0 Å². The van der Waals surface area contributed by atoms with Gasteiger partial charge in [-0.2, -0.15) is 0 Å². The van der Waals surface area contributed by atoms with E-state index in [1.54, 1.807) is 0 Å². The van der Waals surface area contributed by atoms with Gasteiger partial charge in [0.1, 0.15) is 5.75 Å². The summed E-state index contributed by atoms with van der Waals surface area (Å²) in [6.45, 7) is 0.864. The number of rotatable bonds is 2. The Labute approximate surface area is 73.7 Å². The van der Waals surface area contributed by atoms with Crippen LogP contribution in [0, 0.1) is 6.92 Å². The number of aliphatic hydroxyl groups is 1. The molecule has 0 radical (unpaired) electrons. The van der Waals surface area contributed by atoms with Gasteiger partial charge in [0.2, 0.25) is 0 Å². The highest BCUT2D eigenvalue weighted by molar-refractivity contribution is 5.41. The van der Waals surface area contributed by atoms with Crippen molar-refractivity contribution in [2.45, 2.75) is 20.0 Å². The molecule has 5 heteroatoms. The van der Waals surface area contributed by atoms with Gasteiger partial charge < -0.3 is 10.2 Å². The maximum atomic E-state index is 12.4. The van der Waals surface area contributed by atoms with Crippen LogP contribution in [0.1, 0.15) is 23.2 Å². The highest BCUT2D eigenvalue weighted by Gasteiger charge is 2.19. The highest BCUT2D eigenvalue weighted by Crippen LogP contribution is 2.32. The standard InChI is InChI=1S/C8H9F2NO2/c1-4-7(13)6(8(9)10)5(3-12)2-11-4/h2,8,12-13H,3H2,1H3. The molecular formula is C8H9F2NO2. The SMILES string of the molecule is Cc1ncc(CO)c(C(F)F)c1O. The molecule has 1 aromatic rings. The second-order valence-corrected chi connectivity index (χ2v) is 2.59. The minimum absolute atomic E-state index is 0.0434. The number of alkyl halides is 2. The Balaban J connectivity index is 3.32. The van der Waals surface area contributed by atoms with Crippen LogP contribution in [0.4, 0.5) is 8.78 Å². The third kappa shape index (κ3) is 1.75. The second kappa shape index (κ2) is 3.66. The molecule has 2 N–H and O–H groups in total. The smallest absolute Gasteiger partial charge is 0.267 e. The van der Waals surface area contributed by atoms with Gasteiger partial charge >= 0.3 is 0 Å². The average molecular weight is 189 g/mol. The van der Waals surface area contributed by atoms with Crippen molar-refractivity contribution in [3.63, 3.8) is 0 Å². The number of hydrogen-bond acceptors (Lipinski definition) is 3. The first-order chi connectivity index (χ1) is 6.07. The summed E-state index contributed by atoms with van der Waals surface area (Å²) in [4.78, 5) is 3.65. The van der Waals surface area contributed by atoms with E-state index in [1.165, 1.54) is 6.92 Å². The number of aryl methyl sites for hydroxylation is 1. The summed E-state index contributed by atoms with van der Waals surface area (Å²) < 4.78 is 24.7. The third-order valence-electron chi connectivity index (χ3n) is 1.75. The number of halogens is 2. The minimum atomic E-state index is -2.80. The van der Waals surface area contributed by atoms with E-state index in [0.717, 1.165) is 6.20 Å². The minimum Gasteiger partial charge on any atom is -0.506 e. The Hall–Kier alpha value is -1.23. The Morgan fingerprint density at radius 1 is 1.54 bits per heavy atom. The summed E-state index contributed by atoms with van der Waals surface area (Å²) in [5, 5.41) is 17.9. The molecule has 0 saturated carbocycles. The van der Waals surface area contributed by atoms with Crippen LogP contribution in [-0.4, -0.2) is 15.2 Å². The van der Waals surface area contributed by atoms with E-state index in [1.807, 2.05) is 0 Å². The maximum absolute atomic E-state index is 12.4. The average Bonchev–Trinajstić information content (AvgIpc) is 2.08. The van der Waals surface area contributed by atoms with Crippen molar-refractivity contribution >= 4 is 0 Å². The lowest BCUT2D eigenvalue weighted by Gasteiger charge is -2.09. The van der Waals surface area contributed by atoms with Gasteiger partial charge in [0.25, 0.3) is 6.43 Å². The molecule has 0 saturated heterocycles. The number of pyridine rings is 1. The second-order valence-electron chi connectivity index (χ2n) is 2.59. The van der Waals surface area contributed by atoms with E-state index in [0.29, 0.717) is 0 Å². The van der Waals surface area contributed by atoms with E-state index in [4.69, 9.17) is 5.11 Å². The predicted octanol–water partition coefficient (Wildman–Crippen LogP) is 1.53. The van der Waals surface area contributed by atoms with Crippen molar-refractivity contribution < 1.29 is 19.0 Å². The van der Waals surface area contributed by atoms with Crippen LogP contribution in [0.25, 0.3) is 0 Å². The van der Waals surface area contributed by atoms with Gasteiger partial charge in [-0.3, -0.25) is 4.98 Å². The number of aromatic nitrogens is 1. The predicted molar refractivity (Wildman–Crippen MR) is 41.5 cm³/mol. The molecule has 0 amide bonds. The Morgan fingerprint density at radius 3 is 2.62 bits per heavy atom. The number of aromatic hydroxyl groups is 1. The summed E-state index contributed by atoms with van der Waals surface area (Å²) in [6, 6.07) is 0.